The third kappa shape index (κ3) is 1.51. The van der Waals surface area contributed by atoms with Gasteiger partial charge in [0.05, 0.1) is 0 Å². The van der Waals surface area contributed by atoms with Gasteiger partial charge in [-0.2, -0.15) is 5.26 Å². The summed E-state index contributed by atoms with van der Waals surface area (Å²) in [5.74, 6) is 0. The maximum Gasteiger partial charge on any atom is 0.531 e. The van der Waals surface area contributed by atoms with E-state index in [0.717, 1.165) is 0 Å². The summed E-state index contributed by atoms with van der Waals surface area (Å²) in [7, 11) is -1.56. The van der Waals surface area contributed by atoms with Crippen molar-refractivity contribution in [2.75, 3.05) is 0 Å². The molecule has 0 aliphatic heterocycles. The topological polar surface area (TPSA) is 28.1 Å². The van der Waals surface area contributed by atoms with Crippen LogP contribution in [0, 0.1) is 17.5 Å². The maximum atomic E-state index is 7.93. The van der Waals surface area contributed by atoms with Crippen molar-refractivity contribution in [2.24, 2.45) is 0 Å². The van der Waals surface area contributed by atoms with Gasteiger partial charge in [-0.05, 0) is 0 Å². The molecule has 0 saturated heterocycles. The standard InChI is InChI=1S/C3H4N2Si/c1-5-6(2)3-4/h6H,2H3. The van der Waals surface area contributed by atoms with Crippen LogP contribution >= 0.6 is 0 Å². The van der Waals surface area contributed by atoms with E-state index in [9.17, 15) is 0 Å². The molecule has 0 amide bonds. The summed E-state index contributed by atoms with van der Waals surface area (Å²) in [6.45, 7) is 7.97. The molecule has 0 fully saturated rings. The fourth-order valence-corrected chi connectivity index (χ4v) is 0.0866. The third-order valence-corrected chi connectivity index (χ3v) is 1.14. The molecule has 0 aromatic rings. The average molecular weight is 96.2 g/mol. The maximum absolute atomic E-state index is 7.93. The van der Waals surface area contributed by atoms with Crippen LogP contribution < -0.4 is 0 Å². The molecular formula is C3H4N2Si. The minimum Gasteiger partial charge on any atom is -0.400 e. The molecule has 0 radical (unpaired) electrons. The third-order valence-electron chi connectivity index (χ3n) is 0.380. The predicted octanol–water partition coefficient (Wildman–Crippen LogP) is 0.322. The lowest BCUT2D eigenvalue weighted by Gasteiger charge is -1.67. The highest BCUT2D eigenvalue weighted by Gasteiger charge is 2.03. The van der Waals surface area contributed by atoms with Gasteiger partial charge >= 0.3 is 8.96 Å². The van der Waals surface area contributed by atoms with Crippen molar-refractivity contribution >= 4 is 8.96 Å². The smallest absolute Gasteiger partial charge is 0.400 e. The normalized spacial score (nSPS) is 11.2. The van der Waals surface area contributed by atoms with Crippen LogP contribution in [0.15, 0.2) is 0 Å². The summed E-state index contributed by atoms with van der Waals surface area (Å²) in [6.07, 6.45) is 0. The predicted molar refractivity (Wildman–Crippen MR) is 25.2 cm³/mol. The lowest BCUT2D eigenvalue weighted by molar-refractivity contribution is 1.56. The van der Waals surface area contributed by atoms with Crippen LogP contribution in [0.1, 0.15) is 0 Å². The lowest BCUT2D eigenvalue weighted by atomic mass is 11.8. The molecule has 0 aliphatic rings. The molecule has 30 valence electrons. The molecule has 0 heterocycles. The number of nitriles is 1. The molecule has 0 aromatic heterocycles. The van der Waals surface area contributed by atoms with Crippen LogP contribution in [0.3, 0.4) is 0 Å². The molecule has 1 atom stereocenters. The van der Waals surface area contributed by atoms with E-state index >= 15 is 0 Å². The fourth-order valence-electron chi connectivity index (χ4n) is 0.0289. The quantitative estimate of drug-likeness (QED) is 0.315. The van der Waals surface area contributed by atoms with E-state index in [1.165, 1.54) is 0 Å². The molecular weight excluding hydrogens is 92.1 g/mol. The van der Waals surface area contributed by atoms with Gasteiger partial charge in [-0.15, -0.1) is 0 Å². The Bertz CT molecular complexity index is 92.9. The van der Waals surface area contributed by atoms with Gasteiger partial charge in [-0.25, -0.2) is 0 Å². The first-order valence-electron chi connectivity index (χ1n) is 1.57. The van der Waals surface area contributed by atoms with Crippen molar-refractivity contribution in [1.29, 1.82) is 5.26 Å². The van der Waals surface area contributed by atoms with Gasteiger partial charge in [0.15, 0.2) is 0 Å². The second-order valence-corrected chi connectivity index (χ2v) is 2.80. The Balaban J connectivity index is 3.40. The van der Waals surface area contributed by atoms with Crippen LogP contribution in [-0.2, 0) is 0 Å². The zero-order chi connectivity index (χ0) is 4.99. The van der Waals surface area contributed by atoms with Crippen molar-refractivity contribution in [1.82, 2.24) is 0 Å². The Kier molecular flexibility index (Phi) is 2.11. The number of hydrogen-bond acceptors (Lipinski definition) is 1. The largest absolute Gasteiger partial charge is 0.531 e. The molecule has 0 aliphatic carbocycles. The molecule has 3 heteroatoms. The summed E-state index contributed by atoms with van der Waals surface area (Å²) >= 11 is 0. The summed E-state index contributed by atoms with van der Waals surface area (Å²) in [4.78, 5) is 0. The van der Waals surface area contributed by atoms with Crippen LogP contribution in [-0.4, -0.2) is 8.96 Å². The Morgan fingerprint density at radius 1 is 2.00 bits per heavy atom. The van der Waals surface area contributed by atoms with E-state index in [1.54, 1.807) is 6.55 Å². The van der Waals surface area contributed by atoms with Crippen molar-refractivity contribution in [2.45, 2.75) is 6.55 Å². The first-order chi connectivity index (χ1) is 2.81. The van der Waals surface area contributed by atoms with Gasteiger partial charge in [-0.1, -0.05) is 0 Å². The van der Waals surface area contributed by atoms with E-state index in [-0.39, 0.29) is 0 Å². The highest BCUT2D eigenvalue weighted by molar-refractivity contribution is 6.68. The van der Waals surface area contributed by atoms with Crippen LogP contribution in [0.25, 0.3) is 4.51 Å². The molecule has 0 N–H and O–H groups in total. The van der Waals surface area contributed by atoms with Crippen molar-refractivity contribution in [3.63, 3.8) is 0 Å². The van der Waals surface area contributed by atoms with Gasteiger partial charge in [0.2, 0.25) is 0 Å². The monoisotopic (exact) mass is 96.0 g/mol. The van der Waals surface area contributed by atoms with Crippen LogP contribution in [0.2, 0.25) is 6.55 Å². The first kappa shape index (κ1) is 5.20. The van der Waals surface area contributed by atoms with E-state index < -0.39 is 8.96 Å². The van der Waals surface area contributed by atoms with Gasteiger partial charge in [0.1, 0.15) is 5.69 Å². The minimum absolute atomic E-state index is 1.56. The van der Waals surface area contributed by atoms with Gasteiger partial charge in [-0.3, -0.25) is 6.57 Å². The molecule has 0 aromatic carbocycles. The number of nitrogens with zero attached hydrogens (tertiary/aromatic N) is 2. The molecule has 6 heavy (non-hydrogen) atoms. The van der Waals surface area contributed by atoms with Crippen molar-refractivity contribution in [3.05, 3.63) is 11.1 Å². The van der Waals surface area contributed by atoms with E-state index in [4.69, 9.17) is 11.8 Å². The molecule has 2 nitrogen and oxygen atoms in total. The second-order valence-electron chi connectivity index (χ2n) is 0.934. The summed E-state index contributed by atoms with van der Waals surface area (Å²) in [5.41, 5.74) is 1.90. The van der Waals surface area contributed by atoms with Gasteiger partial charge in [0, 0.05) is 6.55 Å². The fraction of sp³-hybridized carbons (Fsp3) is 0.333. The zero-order valence-electron chi connectivity index (χ0n) is 3.47. The van der Waals surface area contributed by atoms with Crippen LogP contribution in [0.5, 0.6) is 0 Å². The van der Waals surface area contributed by atoms with Gasteiger partial charge < -0.3 is 4.51 Å². The van der Waals surface area contributed by atoms with E-state index in [0.29, 0.717) is 0 Å². The highest BCUT2D eigenvalue weighted by Crippen LogP contribution is 1.74. The number of hydrogen-bond donors (Lipinski definition) is 0. The Morgan fingerprint density at radius 3 is 2.50 bits per heavy atom. The molecule has 0 rings (SSSR count). The minimum atomic E-state index is -1.56. The molecule has 0 saturated carbocycles. The van der Waals surface area contributed by atoms with Crippen LogP contribution in [0.4, 0.5) is 0 Å². The lowest BCUT2D eigenvalue weighted by Crippen LogP contribution is -1.91. The highest BCUT2D eigenvalue weighted by atomic mass is 28.3. The van der Waals surface area contributed by atoms with Gasteiger partial charge in [0.25, 0.3) is 0 Å². The van der Waals surface area contributed by atoms with Crippen molar-refractivity contribution < 1.29 is 0 Å². The second kappa shape index (κ2) is 2.44. The summed E-state index contributed by atoms with van der Waals surface area (Å²) < 4.78 is 3.03. The zero-order valence-corrected chi connectivity index (χ0v) is 4.63. The molecule has 0 bridgehead atoms. The molecule has 0 spiro atoms. The summed E-state index contributed by atoms with van der Waals surface area (Å²) in [6, 6.07) is 0. The van der Waals surface area contributed by atoms with E-state index in [2.05, 4.69) is 4.51 Å². The van der Waals surface area contributed by atoms with Crippen molar-refractivity contribution in [3.8, 4) is 5.69 Å². The van der Waals surface area contributed by atoms with E-state index in [1.807, 2.05) is 5.69 Å². The SMILES string of the molecule is [C-]#[N+][SiH](C)C#N. The summed E-state index contributed by atoms with van der Waals surface area (Å²) in [5, 5.41) is 7.93. The Hall–Kier alpha value is -0.803. The Labute approximate surface area is 38.5 Å². The molecule has 1 unspecified atom stereocenters. The average Bonchev–Trinajstić information content (AvgIpc) is 1.65. The number of rotatable bonds is 0. The Morgan fingerprint density at radius 2 is 2.50 bits per heavy atom. The first-order valence-corrected chi connectivity index (χ1v) is 3.82.